The molecule has 2 N–H and O–H groups in total. The Morgan fingerprint density at radius 1 is 0.840 bits per heavy atom. The largest absolute Gasteiger partial charge is 0.331 e. The minimum atomic E-state index is 0.693. The maximum absolute atomic E-state index is 4.85. The van der Waals surface area contributed by atoms with E-state index in [0.29, 0.717) is 5.41 Å². The van der Waals surface area contributed by atoms with Crippen LogP contribution >= 0.6 is 0 Å². The fourth-order valence-electron chi connectivity index (χ4n) is 2.90. The Bertz CT molecular complexity index is 246. The second-order valence-electron chi connectivity index (χ2n) is 6.36. The van der Waals surface area contributed by atoms with Crippen molar-refractivity contribution in [3.05, 3.63) is 23.8 Å². The van der Waals surface area contributed by atoms with Gasteiger partial charge in [0.25, 0.3) is 0 Å². The van der Waals surface area contributed by atoms with Gasteiger partial charge in [0.05, 0.1) is 0 Å². The van der Waals surface area contributed by atoms with Crippen molar-refractivity contribution in [2.75, 3.05) is 6.54 Å². The smallest absolute Gasteiger partial charge is 0.0106 e. The summed E-state index contributed by atoms with van der Waals surface area (Å²) < 4.78 is 0. The van der Waals surface area contributed by atoms with Crippen molar-refractivity contribution < 1.29 is 0 Å². The zero-order valence-corrected chi connectivity index (χ0v) is 19.7. The molecular formula is C24H53N. The molecule has 0 aromatic heterocycles. The van der Waals surface area contributed by atoms with Gasteiger partial charge in [-0.05, 0) is 51.5 Å². The third kappa shape index (κ3) is 25.8. The zero-order chi connectivity index (χ0) is 20.6. The molecule has 0 aromatic carbocycles. The summed E-state index contributed by atoms with van der Waals surface area (Å²) in [5.41, 5.74) is 6.88. The summed E-state index contributed by atoms with van der Waals surface area (Å²) in [5.74, 6) is 0. The number of nitrogens with two attached hydrogens (primary N) is 1. The standard InChI is InChI=1S/C12H26.C8H14.C2H7N.C2H6/c1-5-9-12(8-4,10-6-2)11-7-3;1-4-6-7-8(3)5-2;1-2-3;1-2/h5-11H2,1-4H3;5-7H,4H2,1-3H3;2-3H2,1H3;1-2H3/b;7-6-,8-5-;;. The van der Waals surface area contributed by atoms with Gasteiger partial charge in [-0.15, -0.1) is 0 Å². The summed E-state index contributed by atoms with van der Waals surface area (Å²) in [5, 5.41) is 0. The highest BCUT2D eigenvalue weighted by Gasteiger charge is 2.24. The van der Waals surface area contributed by atoms with Gasteiger partial charge in [-0.2, -0.15) is 0 Å². The molecule has 25 heavy (non-hydrogen) atoms. The maximum Gasteiger partial charge on any atom is -0.0106 e. The van der Waals surface area contributed by atoms with Crippen molar-refractivity contribution in [3.63, 3.8) is 0 Å². The first-order chi connectivity index (χ1) is 12.0. The Morgan fingerprint density at radius 3 is 1.40 bits per heavy atom. The second kappa shape index (κ2) is 28.3. The van der Waals surface area contributed by atoms with Crippen LogP contribution in [-0.2, 0) is 0 Å². The second-order valence-corrected chi connectivity index (χ2v) is 6.36. The Kier molecular flexibility index (Phi) is 36.3. The lowest BCUT2D eigenvalue weighted by Gasteiger charge is -2.32. The molecule has 0 aliphatic carbocycles. The van der Waals surface area contributed by atoms with Crippen LogP contribution in [0.2, 0.25) is 0 Å². The Morgan fingerprint density at radius 2 is 1.20 bits per heavy atom. The number of allylic oxidation sites excluding steroid dienone is 4. The average Bonchev–Trinajstić information content (AvgIpc) is 2.63. The first-order valence-corrected chi connectivity index (χ1v) is 11.0. The van der Waals surface area contributed by atoms with E-state index in [9.17, 15) is 0 Å². The molecule has 0 rings (SSSR count). The third-order valence-corrected chi connectivity index (χ3v) is 4.16. The molecule has 0 amide bonds. The summed E-state index contributed by atoms with van der Waals surface area (Å²) in [6.45, 7) is 22.3. The molecule has 0 spiro atoms. The summed E-state index contributed by atoms with van der Waals surface area (Å²) in [6.07, 6.45) is 17.3. The van der Waals surface area contributed by atoms with Gasteiger partial charge >= 0.3 is 0 Å². The van der Waals surface area contributed by atoms with Crippen molar-refractivity contribution in [2.45, 2.75) is 121 Å². The van der Waals surface area contributed by atoms with E-state index in [1.807, 2.05) is 20.8 Å². The Labute approximate surface area is 162 Å². The van der Waals surface area contributed by atoms with Crippen molar-refractivity contribution in [1.29, 1.82) is 0 Å². The molecule has 0 unspecified atom stereocenters. The highest BCUT2D eigenvalue weighted by Crippen LogP contribution is 2.37. The Hall–Kier alpha value is -0.560. The summed E-state index contributed by atoms with van der Waals surface area (Å²) in [6, 6.07) is 0. The van der Waals surface area contributed by atoms with Crippen LogP contribution in [0.3, 0.4) is 0 Å². The molecular weight excluding hydrogens is 302 g/mol. The van der Waals surface area contributed by atoms with E-state index in [2.05, 4.69) is 66.7 Å². The van der Waals surface area contributed by atoms with E-state index >= 15 is 0 Å². The van der Waals surface area contributed by atoms with Crippen LogP contribution in [0.25, 0.3) is 0 Å². The monoisotopic (exact) mass is 355 g/mol. The lowest BCUT2D eigenvalue weighted by Crippen LogP contribution is -2.19. The highest BCUT2D eigenvalue weighted by atomic mass is 14.5. The molecule has 154 valence electrons. The lowest BCUT2D eigenvalue weighted by molar-refractivity contribution is 0.202. The van der Waals surface area contributed by atoms with Crippen LogP contribution in [0.4, 0.5) is 0 Å². The summed E-state index contributed by atoms with van der Waals surface area (Å²) in [7, 11) is 0. The van der Waals surface area contributed by atoms with Gasteiger partial charge in [0.15, 0.2) is 0 Å². The average molecular weight is 356 g/mol. The minimum Gasteiger partial charge on any atom is -0.331 e. The number of rotatable bonds is 9. The van der Waals surface area contributed by atoms with E-state index in [0.717, 1.165) is 13.0 Å². The molecule has 0 saturated carbocycles. The van der Waals surface area contributed by atoms with Crippen LogP contribution in [0, 0.1) is 5.41 Å². The first-order valence-electron chi connectivity index (χ1n) is 11.0. The molecule has 0 aliphatic heterocycles. The van der Waals surface area contributed by atoms with Crippen molar-refractivity contribution in [2.24, 2.45) is 11.1 Å². The van der Waals surface area contributed by atoms with Crippen LogP contribution in [0.15, 0.2) is 23.8 Å². The quantitative estimate of drug-likeness (QED) is 0.411. The van der Waals surface area contributed by atoms with Gasteiger partial charge in [-0.25, -0.2) is 0 Å². The molecule has 1 nitrogen and oxygen atoms in total. The molecule has 0 radical (unpaired) electrons. The van der Waals surface area contributed by atoms with E-state index in [1.54, 1.807) is 0 Å². The molecule has 0 fully saturated rings. The molecule has 0 saturated heterocycles. The number of hydrogen-bond donors (Lipinski definition) is 1. The summed E-state index contributed by atoms with van der Waals surface area (Å²) >= 11 is 0. The molecule has 0 aliphatic rings. The van der Waals surface area contributed by atoms with Gasteiger partial charge in [-0.1, -0.05) is 105 Å². The molecule has 0 heterocycles. The van der Waals surface area contributed by atoms with Gasteiger partial charge in [0, 0.05) is 0 Å². The molecule has 0 bridgehead atoms. The normalized spacial score (nSPS) is 10.9. The minimum absolute atomic E-state index is 0.693. The topological polar surface area (TPSA) is 26.0 Å². The van der Waals surface area contributed by atoms with E-state index in [1.165, 1.54) is 50.5 Å². The summed E-state index contributed by atoms with van der Waals surface area (Å²) in [4.78, 5) is 0. The van der Waals surface area contributed by atoms with Crippen molar-refractivity contribution >= 4 is 0 Å². The highest BCUT2D eigenvalue weighted by molar-refractivity contribution is 5.14. The third-order valence-electron chi connectivity index (χ3n) is 4.16. The van der Waals surface area contributed by atoms with Gasteiger partial charge in [-0.3, -0.25) is 0 Å². The maximum atomic E-state index is 4.85. The van der Waals surface area contributed by atoms with E-state index in [-0.39, 0.29) is 0 Å². The van der Waals surface area contributed by atoms with Crippen LogP contribution in [0.1, 0.15) is 121 Å². The van der Waals surface area contributed by atoms with Crippen LogP contribution in [-0.4, -0.2) is 6.54 Å². The van der Waals surface area contributed by atoms with Crippen molar-refractivity contribution in [3.8, 4) is 0 Å². The lowest BCUT2D eigenvalue weighted by atomic mass is 9.74. The zero-order valence-electron chi connectivity index (χ0n) is 19.7. The van der Waals surface area contributed by atoms with Gasteiger partial charge in [0.2, 0.25) is 0 Å². The molecule has 1 heteroatoms. The SMILES string of the molecule is C/C=C(C)\C=C/CC.CC.CCCC(CC)(CCC)CCC.CCN. The fraction of sp³-hybridized carbons (Fsp3) is 0.833. The predicted octanol–water partition coefficient (Wildman–Crippen LogP) is 8.69. The molecule has 0 aromatic rings. The van der Waals surface area contributed by atoms with Gasteiger partial charge in [0.1, 0.15) is 0 Å². The fourth-order valence-corrected chi connectivity index (χ4v) is 2.90. The predicted molar refractivity (Wildman–Crippen MR) is 122 cm³/mol. The number of hydrogen-bond acceptors (Lipinski definition) is 1. The van der Waals surface area contributed by atoms with E-state index in [4.69, 9.17) is 5.73 Å². The Balaban J connectivity index is -0.000000146. The van der Waals surface area contributed by atoms with E-state index < -0.39 is 0 Å². The van der Waals surface area contributed by atoms with Gasteiger partial charge < -0.3 is 5.73 Å². The van der Waals surface area contributed by atoms with Crippen LogP contribution < -0.4 is 5.73 Å². The van der Waals surface area contributed by atoms with Crippen molar-refractivity contribution in [1.82, 2.24) is 0 Å². The van der Waals surface area contributed by atoms with Crippen LogP contribution in [0.5, 0.6) is 0 Å². The first kappa shape index (κ1) is 32.1. The molecule has 0 atom stereocenters.